The van der Waals surface area contributed by atoms with E-state index in [1.165, 1.54) is 35.0 Å². The Hall–Kier alpha value is -2.01. The van der Waals surface area contributed by atoms with Crippen LogP contribution in [0.2, 0.25) is 0 Å². The normalized spacial score (nSPS) is 14.5. The maximum absolute atomic E-state index is 12.9. The molecule has 0 saturated carbocycles. The summed E-state index contributed by atoms with van der Waals surface area (Å²) in [5.41, 5.74) is 0. The summed E-state index contributed by atoms with van der Waals surface area (Å²) in [6.07, 6.45) is -13.8. The van der Waals surface area contributed by atoms with Crippen molar-refractivity contribution in [1.29, 1.82) is 0 Å². The van der Waals surface area contributed by atoms with Crippen molar-refractivity contribution in [1.82, 2.24) is 0 Å². The lowest BCUT2D eigenvalue weighted by atomic mass is 9.82. The highest BCUT2D eigenvalue weighted by Crippen LogP contribution is 2.35. The molecule has 0 spiro atoms. The monoisotopic (exact) mass is 442 g/mol. The minimum atomic E-state index is -4.98. The molecule has 152 valence electrons. The van der Waals surface area contributed by atoms with E-state index in [9.17, 15) is 40.7 Å². The molecule has 2 aromatic heterocycles. The molecule has 2 heterocycles. The van der Waals surface area contributed by atoms with Crippen LogP contribution in [0.1, 0.15) is 32.2 Å². The number of hydrogen-bond acceptors (Lipinski definition) is 5. The van der Waals surface area contributed by atoms with Crippen molar-refractivity contribution in [2.75, 3.05) is 0 Å². The highest BCUT2D eigenvalue weighted by atomic mass is 32.1. The van der Waals surface area contributed by atoms with Crippen LogP contribution in [0.5, 0.6) is 0 Å². The molecule has 0 fully saturated rings. The van der Waals surface area contributed by atoms with Gasteiger partial charge in [0.2, 0.25) is 0 Å². The van der Waals surface area contributed by atoms with E-state index in [1.54, 1.807) is 0 Å². The second-order valence-corrected chi connectivity index (χ2v) is 7.72. The molecule has 0 bridgehead atoms. The Morgan fingerprint density at radius 1 is 0.750 bits per heavy atom. The largest absolute Gasteiger partial charge is 0.390 e. The van der Waals surface area contributed by atoms with Crippen molar-refractivity contribution < 1.29 is 40.7 Å². The summed E-state index contributed by atoms with van der Waals surface area (Å²) in [5.74, 6) is -9.01. The van der Waals surface area contributed by atoms with Gasteiger partial charge in [0.15, 0.2) is 17.3 Å². The van der Waals surface area contributed by atoms with Gasteiger partial charge in [0.25, 0.3) is 0 Å². The van der Waals surface area contributed by atoms with Crippen molar-refractivity contribution in [3.05, 3.63) is 44.8 Å². The summed E-state index contributed by atoms with van der Waals surface area (Å²) in [7, 11) is 0. The molecular weight excluding hydrogens is 430 g/mol. The molecule has 0 aliphatic rings. The molecule has 0 amide bonds. The Morgan fingerprint density at radius 2 is 1.11 bits per heavy atom. The van der Waals surface area contributed by atoms with Crippen LogP contribution >= 0.6 is 22.7 Å². The highest BCUT2D eigenvalue weighted by molar-refractivity contribution is 7.12. The number of carbonyl (C=O) groups excluding carboxylic acids is 3. The summed E-state index contributed by atoms with van der Waals surface area (Å²) in [6, 6.07) is 5.06. The molecule has 0 aliphatic carbocycles. The van der Waals surface area contributed by atoms with Crippen molar-refractivity contribution in [3.8, 4) is 0 Å². The molecule has 0 aromatic carbocycles. The third kappa shape index (κ3) is 5.99. The van der Waals surface area contributed by atoms with Crippen LogP contribution in [0, 0.1) is 11.8 Å². The average Bonchev–Trinajstić information content (AvgIpc) is 3.27. The third-order valence-electron chi connectivity index (χ3n) is 3.72. The second kappa shape index (κ2) is 8.56. The van der Waals surface area contributed by atoms with Gasteiger partial charge in [0.1, 0.15) is 0 Å². The fraction of sp³-hybridized carbons (Fsp3) is 0.353. The number of alkyl halides is 6. The maximum Gasteiger partial charge on any atom is 0.390 e. The summed E-state index contributed by atoms with van der Waals surface area (Å²) < 4.78 is 77.6. The Bertz CT molecular complexity index is 754. The highest BCUT2D eigenvalue weighted by Gasteiger charge is 2.47. The van der Waals surface area contributed by atoms with E-state index in [4.69, 9.17) is 0 Å². The van der Waals surface area contributed by atoms with E-state index >= 15 is 0 Å². The van der Waals surface area contributed by atoms with Gasteiger partial charge in [-0.3, -0.25) is 14.4 Å². The molecule has 0 radical (unpaired) electrons. The minimum absolute atomic E-state index is 0.197. The summed E-state index contributed by atoms with van der Waals surface area (Å²) >= 11 is 1.52. The first-order valence-corrected chi connectivity index (χ1v) is 9.47. The average molecular weight is 442 g/mol. The summed E-state index contributed by atoms with van der Waals surface area (Å²) in [5, 5.41) is 2.76. The van der Waals surface area contributed by atoms with Gasteiger partial charge in [0.05, 0.1) is 34.4 Å². The first-order chi connectivity index (χ1) is 12.9. The molecular formula is C17H12F6O3S2. The zero-order valence-corrected chi connectivity index (χ0v) is 15.5. The lowest BCUT2D eigenvalue weighted by Crippen LogP contribution is -2.38. The van der Waals surface area contributed by atoms with Crippen LogP contribution in [0.3, 0.4) is 0 Å². The minimum Gasteiger partial charge on any atom is -0.298 e. The van der Waals surface area contributed by atoms with Crippen LogP contribution in [-0.4, -0.2) is 29.7 Å². The second-order valence-electron chi connectivity index (χ2n) is 5.83. The number of halogens is 6. The smallest absolute Gasteiger partial charge is 0.298 e. The summed E-state index contributed by atoms with van der Waals surface area (Å²) in [4.78, 5) is 37.1. The number of Topliss-reactive ketones (excluding diaryl/α,β-unsaturated/α-hetero) is 3. The Kier molecular flexibility index (Phi) is 6.81. The van der Waals surface area contributed by atoms with Gasteiger partial charge in [-0.05, 0) is 22.9 Å². The van der Waals surface area contributed by atoms with Crippen LogP contribution in [0.25, 0.3) is 0 Å². The van der Waals surface area contributed by atoms with Crippen molar-refractivity contribution in [2.45, 2.75) is 25.2 Å². The van der Waals surface area contributed by atoms with Gasteiger partial charge in [0, 0.05) is 0 Å². The van der Waals surface area contributed by atoms with Crippen molar-refractivity contribution in [3.63, 3.8) is 0 Å². The fourth-order valence-corrected chi connectivity index (χ4v) is 3.97. The quantitative estimate of drug-likeness (QED) is 0.305. The maximum atomic E-state index is 12.9. The third-order valence-corrected chi connectivity index (χ3v) is 5.49. The van der Waals surface area contributed by atoms with E-state index in [2.05, 4.69) is 0 Å². The molecule has 0 N–H and O–H groups in total. The van der Waals surface area contributed by atoms with Crippen LogP contribution < -0.4 is 0 Å². The number of thiophene rings is 2. The van der Waals surface area contributed by atoms with E-state index in [0.29, 0.717) is 0 Å². The van der Waals surface area contributed by atoms with E-state index in [1.807, 2.05) is 0 Å². The van der Waals surface area contributed by atoms with Gasteiger partial charge in [-0.2, -0.15) is 26.3 Å². The first-order valence-electron chi connectivity index (χ1n) is 7.71. The van der Waals surface area contributed by atoms with Crippen molar-refractivity contribution >= 4 is 40.0 Å². The Labute approximate surface area is 163 Å². The number of hydrogen-bond donors (Lipinski definition) is 0. The molecule has 2 unspecified atom stereocenters. The van der Waals surface area contributed by atoms with Gasteiger partial charge in [-0.25, -0.2) is 0 Å². The topological polar surface area (TPSA) is 51.2 Å². The van der Waals surface area contributed by atoms with E-state index < -0.39 is 54.4 Å². The van der Waals surface area contributed by atoms with Gasteiger partial charge >= 0.3 is 12.4 Å². The molecule has 3 nitrogen and oxygen atoms in total. The van der Waals surface area contributed by atoms with Crippen LogP contribution in [0.4, 0.5) is 26.3 Å². The Balaban J connectivity index is 2.43. The molecule has 2 atom stereocenters. The van der Waals surface area contributed by atoms with Gasteiger partial charge in [-0.1, -0.05) is 12.1 Å². The molecule has 2 aromatic rings. The van der Waals surface area contributed by atoms with Crippen molar-refractivity contribution in [2.24, 2.45) is 11.8 Å². The SMILES string of the molecule is O=C(c1cccs1)C(CC(F)(F)F)C(=O)C(CC(F)(F)F)C(=O)c1cccs1. The molecule has 0 aliphatic heterocycles. The van der Waals surface area contributed by atoms with E-state index in [-0.39, 0.29) is 9.75 Å². The lowest BCUT2D eigenvalue weighted by molar-refractivity contribution is -0.159. The molecule has 11 heteroatoms. The zero-order chi connectivity index (χ0) is 21.1. The predicted octanol–water partition coefficient (Wildman–Crippen LogP) is 5.58. The number of carbonyl (C=O) groups is 3. The standard InChI is InChI=1S/C17H12F6O3S2/c18-16(19,20)7-9(14(25)11-3-1-5-27-11)13(24)10(8-17(21,22)23)15(26)12-4-2-6-28-12/h1-6,9-10H,7-8H2. The zero-order valence-electron chi connectivity index (χ0n) is 13.8. The van der Waals surface area contributed by atoms with Crippen LogP contribution in [-0.2, 0) is 4.79 Å². The molecule has 2 rings (SSSR count). The summed E-state index contributed by atoms with van der Waals surface area (Å²) in [6.45, 7) is 0. The van der Waals surface area contributed by atoms with Gasteiger partial charge < -0.3 is 0 Å². The fourth-order valence-electron chi connectivity index (χ4n) is 2.53. The van der Waals surface area contributed by atoms with E-state index in [0.717, 1.165) is 22.7 Å². The number of rotatable bonds is 8. The van der Waals surface area contributed by atoms with Gasteiger partial charge in [-0.15, -0.1) is 22.7 Å². The number of ketones is 3. The molecule has 0 saturated heterocycles. The molecule has 28 heavy (non-hydrogen) atoms. The Morgan fingerprint density at radius 3 is 1.36 bits per heavy atom. The lowest BCUT2D eigenvalue weighted by Gasteiger charge is -2.22. The van der Waals surface area contributed by atoms with Crippen LogP contribution in [0.15, 0.2) is 35.0 Å². The predicted molar refractivity (Wildman–Crippen MR) is 90.6 cm³/mol. The first kappa shape index (κ1) is 22.3.